The molecule has 2 rings (SSSR count). The van der Waals surface area contributed by atoms with E-state index in [1.807, 2.05) is 24.3 Å². The van der Waals surface area contributed by atoms with Gasteiger partial charge >= 0.3 is 0 Å². The number of nitrogens with zero attached hydrogens (tertiary/aromatic N) is 2. The number of ether oxygens (including phenoxy) is 1. The summed E-state index contributed by atoms with van der Waals surface area (Å²) in [6.07, 6.45) is 0. The van der Waals surface area contributed by atoms with Crippen molar-refractivity contribution in [1.29, 1.82) is 5.26 Å². The lowest BCUT2D eigenvalue weighted by Crippen LogP contribution is -2.17. The van der Waals surface area contributed by atoms with Crippen LogP contribution in [0, 0.1) is 11.3 Å². The first kappa shape index (κ1) is 11.7. The first-order valence-corrected chi connectivity index (χ1v) is 5.74. The van der Waals surface area contributed by atoms with Crippen LogP contribution in [0.4, 0.5) is 0 Å². The molecule has 0 bridgehead atoms. The number of aliphatic imine (C=N–C) groups is 1. The molecular weight excluding hydrogens is 212 g/mol. The van der Waals surface area contributed by atoms with Crippen LogP contribution in [0.3, 0.4) is 0 Å². The molecule has 0 saturated heterocycles. The molecule has 3 nitrogen and oxygen atoms in total. The van der Waals surface area contributed by atoms with Crippen LogP contribution < -0.4 is 0 Å². The molecule has 3 heteroatoms. The van der Waals surface area contributed by atoms with Crippen molar-refractivity contribution in [3.63, 3.8) is 0 Å². The fraction of sp³-hybridized carbons (Fsp3) is 0.429. The molecule has 1 heterocycles. The molecule has 1 aliphatic rings. The molecule has 1 unspecified atom stereocenters. The van der Waals surface area contributed by atoms with Crippen LogP contribution >= 0.6 is 0 Å². The second-order valence-electron chi connectivity index (χ2n) is 5.01. The molecule has 0 spiro atoms. The Kier molecular flexibility index (Phi) is 2.89. The van der Waals surface area contributed by atoms with Crippen LogP contribution in [0.1, 0.15) is 37.8 Å². The Balaban J connectivity index is 2.20. The molecule has 0 aliphatic carbocycles. The van der Waals surface area contributed by atoms with Crippen molar-refractivity contribution in [2.24, 2.45) is 4.99 Å². The third-order valence-corrected chi connectivity index (χ3v) is 2.90. The van der Waals surface area contributed by atoms with E-state index < -0.39 is 0 Å². The Bertz CT molecular complexity index is 480. The van der Waals surface area contributed by atoms with Crippen molar-refractivity contribution in [3.8, 4) is 6.07 Å². The predicted molar refractivity (Wildman–Crippen MR) is 67.0 cm³/mol. The van der Waals surface area contributed by atoms with Crippen LogP contribution in [0.5, 0.6) is 0 Å². The maximum atomic E-state index is 8.75. The molecule has 88 valence electrons. The maximum absolute atomic E-state index is 8.75. The van der Waals surface area contributed by atoms with Gasteiger partial charge in [0.15, 0.2) is 5.90 Å². The van der Waals surface area contributed by atoms with Crippen LogP contribution in [0.2, 0.25) is 0 Å². The molecule has 1 atom stereocenters. The van der Waals surface area contributed by atoms with Crippen LogP contribution in [-0.4, -0.2) is 18.0 Å². The Labute approximate surface area is 102 Å². The van der Waals surface area contributed by atoms with Gasteiger partial charge in [-0.15, -0.1) is 0 Å². The maximum Gasteiger partial charge on any atom is 0.191 e. The molecule has 0 amide bonds. The normalized spacial score (nSPS) is 19.1. The summed E-state index contributed by atoms with van der Waals surface area (Å²) in [6, 6.07) is 9.68. The number of hydrogen-bond donors (Lipinski definition) is 0. The summed E-state index contributed by atoms with van der Waals surface area (Å²) in [7, 11) is 0. The standard InChI is InChI=1S/C14H16N2O/c1-10(13-16-14(2,3)9-17-13)12-6-4-11(8-15)5-7-12/h4-7,10H,9H2,1-3H3. The number of benzene rings is 1. The van der Waals surface area contributed by atoms with E-state index in [0.29, 0.717) is 12.2 Å². The third kappa shape index (κ3) is 2.47. The minimum Gasteiger partial charge on any atom is -0.478 e. The summed E-state index contributed by atoms with van der Waals surface area (Å²) in [6.45, 7) is 6.83. The summed E-state index contributed by atoms with van der Waals surface area (Å²) >= 11 is 0. The van der Waals surface area contributed by atoms with Gasteiger partial charge in [0.25, 0.3) is 0 Å². The van der Waals surface area contributed by atoms with Crippen LogP contribution in [0.25, 0.3) is 0 Å². The predicted octanol–water partition coefficient (Wildman–Crippen LogP) is 2.87. The second-order valence-corrected chi connectivity index (χ2v) is 5.01. The van der Waals surface area contributed by atoms with Crippen molar-refractivity contribution >= 4 is 5.90 Å². The fourth-order valence-electron chi connectivity index (χ4n) is 1.82. The third-order valence-electron chi connectivity index (χ3n) is 2.90. The topological polar surface area (TPSA) is 45.4 Å². The summed E-state index contributed by atoms with van der Waals surface area (Å²) in [5.41, 5.74) is 1.69. The van der Waals surface area contributed by atoms with Gasteiger partial charge in [0.1, 0.15) is 6.61 Å². The summed E-state index contributed by atoms with van der Waals surface area (Å²) in [5, 5.41) is 8.75. The highest BCUT2D eigenvalue weighted by atomic mass is 16.5. The Morgan fingerprint density at radius 1 is 1.35 bits per heavy atom. The van der Waals surface area contributed by atoms with E-state index in [-0.39, 0.29) is 11.5 Å². The molecule has 1 aromatic carbocycles. The quantitative estimate of drug-likeness (QED) is 0.781. The van der Waals surface area contributed by atoms with Gasteiger partial charge in [0, 0.05) is 0 Å². The van der Waals surface area contributed by atoms with Crippen molar-refractivity contribution < 1.29 is 4.74 Å². The van der Waals surface area contributed by atoms with E-state index >= 15 is 0 Å². The molecule has 0 radical (unpaired) electrons. The summed E-state index contributed by atoms with van der Waals surface area (Å²) in [4.78, 5) is 4.57. The lowest BCUT2D eigenvalue weighted by Gasteiger charge is -2.11. The highest BCUT2D eigenvalue weighted by Crippen LogP contribution is 2.26. The van der Waals surface area contributed by atoms with Crippen molar-refractivity contribution in [2.75, 3.05) is 6.61 Å². The number of nitriles is 1. The largest absolute Gasteiger partial charge is 0.478 e. The summed E-state index contributed by atoms with van der Waals surface area (Å²) < 4.78 is 5.63. The zero-order valence-electron chi connectivity index (χ0n) is 10.4. The molecule has 0 saturated carbocycles. The van der Waals surface area contributed by atoms with E-state index in [1.54, 1.807) is 0 Å². The lowest BCUT2D eigenvalue weighted by atomic mass is 10.00. The molecule has 1 aliphatic heterocycles. The van der Waals surface area contributed by atoms with Crippen molar-refractivity contribution in [3.05, 3.63) is 35.4 Å². The minimum absolute atomic E-state index is 0.115. The van der Waals surface area contributed by atoms with Gasteiger partial charge in [-0.3, -0.25) is 0 Å². The van der Waals surface area contributed by atoms with E-state index in [4.69, 9.17) is 10.00 Å². The van der Waals surface area contributed by atoms with Crippen molar-refractivity contribution in [1.82, 2.24) is 0 Å². The van der Waals surface area contributed by atoms with Crippen LogP contribution in [-0.2, 0) is 4.74 Å². The average Bonchev–Trinajstić information content (AvgIpc) is 2.69. The van der Waals surface area contributed by atoms with Crippen LogP contribution in [0.15, 0.2) is 29.3 Å². The highest BCUT2D eigenvalue weighted by Gasteiger charge is 2.29. The lowest BCUT2D eigenvalue weighted by molar-refractivity contribution is 0.272. The van der Waals surface area contributed by atoms with E-state index in [0.717, 1.165) is 11.5 Å². The minimum atomic E-state index is -0.115. The number of rotatable bonds is 2. The molecule has 0 fully saturated rings. The van der Waals surface area contributed by atoms with Crippen molar-refractivity contribution in [2.45, 2.75) is 32.2 Å². The molecule has 0 N–H and O–H groups in total. The smallest absolute Gasteiger partial charge is 0.191 e. The van der Waals surface area contributed by atoms with E-state index in [2.05, 4.69) is 31.8 Å². The van der Waals surface area contributed by atoms with Gasteiger partial charge in [0.2, 0.25) is 0 Å². The Hall–Kier alpha value is -1.82. The second kappa shape index (κ2) is 4.21. The molecule has 0 aromatic heterocycles. The zero-order chi connectivity index (χ0) is 12.5. The summed E-state index contributed by atoms with van der Waals surface area (Å²) in [5.74, 6) is 0.934. The first-order chi connectivity index (χ1) is 8.02. The number of hydrogen-bond acceptors (Lipinski definition) is 3. The molecular formula is C14H16N2O. The van der Waals surface area contributed by atoms with Gasteiger partial charge in [-0.1, -0.05) is 12.1 Å². The monoisotopic (exact) mass is 228 g/mol. The van der Waals surface area contributed by atoms with Gasteiger partial charge < -0.3 is 4.74 Å². The van der Waals surface area contributed by atoms with E-state index in [9.17, 15) is 0 Å². The molecule has 17 heavy (non-hydrogen) atoms. The SMILES string of the molecule is CC(C1=NC(C)(C)CO1)c1ccc(C#N)cc1. The van der Waals surface area contributed by atoms with Gasteiger partial charge in [-0.2, -0.15) is 5.26 Å². The van der Waals surface area contributed by atoms with Gasteiger partial charge in [-0.05, 0) is 38.5 Å². The molecule has 1 aromatic rings. The van der Waals surface area contributed by atoms with Gasteiger partial charge in [-0.25, -0.2) is 4.99 Å². The highest BCUT2D eigenvalue weighted by molar-refractivity contribution is 5.85. The zero-order valence-corrected chi connectivity index (χ0v) is 10.4. The fourth-order valence-corrected chi connectivity index (χ4v) is 1.82. The van der Waals surface area contributed by atoms with E-state index in [1.165, 1.54) is 0 Å². The Morgan fingerprint density at radius 3 is 2.47 bits per heavy atom. The Morgan fingerprint density at radius 2 is 2.00 bits per heavy atom. The first-order valence-electron chi connectivity index (χ1n) is 5.74. The average molecular weight is 228 g/mol. The van der Waals surface area contributed by atoms with Gasteiger partial charge in [0.05, 0.1) is 23.1 Å².